The molecule has 0 saturated carbocycles. The molecule has 5 heteroatoms. The number of rotatable bonds is 3. The molecule has 0 spiro atoms. The van der Waals surface area contributed by atoms with Crippen LogP contribution in [0.1, 0.15) is 19.3 Å². The van der Waals surface area contributed by atoms with Crippen LogP contribution in [0.5, 0.6) is 0 Å². The van der Waals surface area contributed by atoms with Crippen molar-refractivity contribution >= 4 is 28.1 Å². The number of ether oxygens (including phenoxy) is 1. The zero-order valence-corrected chi connectivity index (χ0v) is 11.1. The number of nitrogens with two attached hydrogens (primary N) is 1. The number of hydrogen-bond donors (Lipinski definition) is 1. The summed E-state index contributed by atoms with van der Waals surface area (Å²) in [6, 6.07) is 5.07. The molecule has 0 amide bonds. The summed E-state index contributed by atoms with van der Waals surface area (Å²) in [5.74, 6) is 0.505. The summed E-state index contributed by atoms with van der Waals surface area (Å²) >= 11 is 5.88. The van der Waals surface area contributed by atoms with Crippen LogP contribution in [0.25, 0.3) is 0 Å². The lowest BCUT2D eigenvalue weighted by atomic mass is 10.1. The lowest BCUT2D eigenvalue weighted by Gasteiger charge is -2.22. The minimum atomic E-state index is -1.14. The van der Waals surface area contributed by atoms with Crippen LogP contribution in [0, 0.1) is 0 Å². The van der Waals surface area contributed by atoms with Gasteiger partial charge in [0.1, 0.15) is 0 Å². The molecule has 2 unspecified atom stereocenters. The van der Waals surface area contributed by atoms with Gasteiger partial charge in [0.05, 0.1) is 27.6 Å². The summed E-state index contributed by atoms with van der Waals surface area (Å²) in [4.78, 5) is 0.617. The van der Waals surface area contributed by atoms with Crippen molar-refractivity contribution < 1.29 is 8.95 Å². The molecule has 2 N–H and O–H groups in total. The number of halogens is 1. The fourth-order valence-corrected chi connectivity index (χ4v) is 3.51. The van der Waals surface area contributed by atoms with Crippen molar-refractivity contribution in [3.05, 3.63) is 23.2 Å². The van der Waals surface area contributed by atoms with Gasteiger partial charge in [-0.3, -0.25) is 4.21 Å². The summed E-state index contributed by atoms with van der Waals surface area (Å²) in [5, 5.41) is 0.562. The Balaban J connectivity index is 2.05. The van der Waals surface area contributed by atoms with Crippen LogP contribution in [0.4, 0.5) is 5.69 Å². The third-order valence-corrected chi connectivity index (χ3v) is 4.59. The highest BCUT2D eigenvalue weighted by Crippen LogP contribution is 2.23. The highest BCUT2D eigenvalue weighted by Gasteiger charge is 2.19. The van der Waals surface area contributed by atoms with Crippen molar-refractivity contribution in [2.24, 2.45) is 0 Å². The van der Waals surface area contributed by atoms with Crippen molar-refractivity contribution in [3.63, 3.8) is 0 Å². The average molecular weight is 274 g/mol. The van der Waals surface area contributed by atoms with Gasteiger partial charge in [-0.2, -0.15) is 0 Å². The number of anilines is 1. The molecule has 1 fully saturated rings. The van der Waals surface area contributed by atoms with Crippen molar-refractivity contribution in [1.82, 2.24) is 0 Å². The zero-order chi connectivity index (χ0) is 12.3. The van der Waals surface area contributed by atoms with E-state index in [1.165, 1.54) is 0 Å². The second-order valence-corrected chi connectivity index (χ2v) is 6.08. The van der Waals surface area contributed by atoms with Gasteiger partial charge in [0.15, 0.2) is 0 Å². The first kappa shape index (κ1) is 12.9. The van der Waals surface area contributed by atoms with Crippen molar-refractivity contribution in [3.8, 4) is 0 Å². The van der Waals surface area contributed by atoms with Gasteiger partial charge in [-0.05, 0) is 37.5 Å². The summed E-state index contributed by atoms with van der Waals surface area (Å²) in [5.41, 5.74) is 6.33. The molecule has 1 aromatic rings. The minimum absolute atomic E-state index is 0.0861. The van der Waals surface area contributed by atoms with Crippen molar-refractivity contribution in [2.45, 2.75) is 30.3 Å². The predicted molar refractivity (Wildman–Crippen MR) is 70.7 cm³/mol. The molecule has 3 nitrogen and oxygen atoms in total. The largest absolute Gasteiger partial charge is 0.398 e. The van der Waals surface area contributed by atoms with Gasteiger partial charge < -0.3 is 10.5 Å². The number of benzene rings is 1. The monoisotopic (exact) mass is 273 g/mol. The fourth-order valence-electron chi connectivity index (χ4n) is 1.90. The van der Waals surface area contributed by atoms with Crippen LogP contribution in [-0.4, -0.2) is 22.7 Å². The first-order valence-corrected chi connectivity index (χ1v) is 7.41. The molecular formula is C12H16ClNO2S. The molecule has 0 aromatic heterocycles. The van der Waals surface area contributed by atoms with E-state index in [9.17, 15) is 4.21 Å². The molecule has 1 heterocycles. The number of hydrogen-bond acceptors (Lipinski definition) is 3. The van der Waals surface area contributed by atoms with Gasteiger partial charge in [-0.1, -0.05) is 11.6 Å². The zero-order valence-electron chi connectivity index (χ0n) is 9.52. The van der Waals surface area contributed by atoms with Crippen LogP contribution in [0.3, 0.4) is 0 Å². The molecule has 1 saturated heterocycles. The molecular weight excluding hydrogens is 258 g/mol. The van der Waals surface area contributed by atoms with E-state index < -0.39 is 10.8 Å². The van der Waals surface area contributed by atoms with E-state index in [0.29, 0.717) is 21.4 Å². The Morgan fingerprint density at radius 2 is 2.29 bits per heavy atom. The third-order valence-electron chi connectivity index (χ3n) is 2.83. The molecule has 0 aliphatic carbocycles. The topological polar surface area (TPSA) is 52.3 Å². The maximum Gasteiger partial charge on any atom is 0.0693 e. The quantitative estimate of drug-likeness (QED) is 0.862. The Morgan fingerprint density at radius 1 is 1.47 bits per heavy atom. The smallest absolute Gasteiger partial charge is 0.0693 e. The standard InChI is InChI=1S/C12H16ClNO2S/c13-9-4-5-11(14)12(7-9)17(15)8-10-3-1-2-6-16-10/h4-5,7,10H,1-3,6,8,14H2. The highest BCUT2D eigenvalue weighted by molar-refractivity contribution is 7.85. The third kappa shape index (κ3) is 3.44. The summed E-state index contributed by atoms with van der Waals surface area (Å²) < 4.78 is 17.8. The fraction of sp³-hybridized carbons (Fsp3) is 0.500. The molecule has 2 atom stereocenters. The molecule has 0 bridgehead atoms. The first-order valence-electron chi connectivity index (χ1n) is 5.72. The summed E-state index contributed by atoms with van der Waals surface area (Å²) in [6.07, 6.45) is 3.31. The summed E-state index contributed by atoms with van der Waals surface area (Å²) in [7, 11) is -1.14. The van der Waals surface area contributed by atoms with Crippen LogP contribution in [0.2, 0.25) is 5.02 Å². The van der Waals surface area contributed by atoms with E-state index in [0.717, 1.165) is 25.9 Å². The second-order valence-electron chi connectivity index (χ2n) is 4.18. The Bertz CT molecular complexity index is 419. The van der Waals surface area contributed by atoms with E-state index in [1.807, 2.05) is 0 Å². The minimum Gasteiger partial charge on any atom is -0.398 e. The van der Waals surface area contributed by atoms with E-state index in [2.05, 4.69) is 0 Å². The average Bonchev–Trinajstić information content (AvgIpc) is 2.33. The van der Waals surface area contributed by atoms with Gasteiger partial charge in [0.2, 0.25) is 0 Å². The second kappa shape index (κ2) is 5.85. The van der Waals surface area contributed by atoms with Gasteiger partial charge in [0.25, 0.3) is 0 Å². The Labute approximate surface area is 109 Å². The van der Waals surface area contributed by atoms with Crippen LogP contribution < -0.4 is 5.73 Å². The van der Waals surface area contributed by atoms with Gasteiger partial charge in [-0.25, -0.2) is 0 Å². The van der Waals surface area contributed by atoms with Crippen LogP contribution >= 0.6 is 11.6 Å². The van der Waals surface area contributed by atoms with E-state index in [4.69, 9.17) is 22.1 Å². The lowest BCUT2D eigenvalue weighted by molar-refractivity contribution is 0.0310. The molecule has 1 aliphatic heterocycles. The van der Waals surface area contributed by atoms with Crippen molar-refractivity contribution in [2.75, 3.05) is 18.1 Å². The van der Waals surface area contributed by atoms with E-state index >= 15 is 0 Å². The normalized spacial score (nSPS) is 22.3. The van der Waals surface area contributed by atoms with E-state index in [1.54, 1.807) is 18.2 Å². The van der Waals surface area contributed by atoms with Crippen LogP contribution in [-0.2, 0) is 15.5 Å². The molecule has 1 aromatic carbocycles. The van der Waals surface area contributed by atoms with Crippen molar-refractivity contribution in [1.29, 1.82) is 0 Å². The molecule has 0 radical (unpaired) electrons. The molecule has 94 valence electrons. The Morgan fingerprint density at radius 3 is 3.00 bits per heavy atom. The SMILES string of the molecule is Nc1ccc(Cl)cc1S(=O)CC1CCCCO1. The van der Waals surface area contributed by atoms with Gasteiger partial charge in [0, 0.05) is 17.3 Å². The van der Waals surface area contributed by atoms with Gasteiger partial charge in [-0.15, -0.1) is 0 Å². The maximum atomic E-state index is 12.2. The first-order chi connectivity index (χ1) is 8.16. The van der Waals surface area contributed by atoms with Gasteiger partial charge >= 0.3 is 0 Å². The Kier molecular flexibility index (Phi) is 4.42. The molecule has 17 heavy (non-hydrogen) atoms. The molecule has 2 rings (SSSR count). The predicted octanol–water partition coefficient (Wildman–Crippen LogP) is 2.60. The Hall–Kier alpha value is -0.580. The summed E-state index contributed by atoms with van der Waals surface area (Å²) in [6.45, 7) is 0.771. The van der Waals surface area contributed by atoms with Crippen LogP contribution in [0.15, 0.2) is 23.1 Å². The highest BCUT2D eigenvalue weighted by atomic mass is 35.5. The lowest BCUT2D eigenvalue weighted by Crippen LogP contribution is -2.25. The molecule has 1 aliphatic rings. The van der Waals surface area contributed by atoms with E-state index in [-0.39, 0.29) is 6.10 Å². The maximum absolute atomic E-state index is 12.2. The number of nitrogen functional groups attached to an aromatic ring is 1.